The Kier molecular flexibility index (Phi) is 70.6. The number of phosphoric acid groups is 2. The molecule has 0 fully saturated rings. The van der Waals surface area contributed by atoms with Crippen LogP contribution in [0, 0.1) is 23.7 Å². The Labute approximate surface area is 626 Å². The molecule has 5 atom stereocenters. The molecule has 2 unspecified atom stereocenters. The number of rotatable bonds is 80. The van der Waals surface area contributed by atoms with Crippen molar-refractivity contribution in [3.05, 3.63) is 0 Å². The average molecular weight is 1490 g/mol. The highest BCUT2D eigenvalue weighted by atomic mass is 31.2. The van der Waals surface area contributed by atoms with Crippen molar-refractivity contribution in [1.29, 1.82) is 0 Å². The van der Waals surface area contributed by atoms with Gasteiger partial charge >= 0.3 is 39.5 Å². The Morgan fingerprint density at radius 1 is 0.245 bits per heavy atom. The summed E-state index contributed by atoms with van der Waals surface area (Å²) < 4.78 is 68.8. The van der Waals surface area contributed by atoms with Crippen LogP contribution in [0.25, 0.3) is 0 Å². The van der Waals surface area contributed by atoms with Gasteiger partial charge in [0.2, 0.25) is 0 Å². The summed E-state index contributed by atoms with van der Waals surface area (Å²) in [5, 5.41) is 10.7. The van der Waals surface area contributed by atoms with E-state index in [1.54, 1.807) is 0 Å². The van der Waals surface area contributed by atoms with Gasteiger partial charge < -0.3 is 33.8 Å². The zero-order valence-electron chi connectivity index (χ0n) is 67.2. The first-order valence-corrected chi connectivity index (χ1v) is 45.7. The molecule has 3 N–H and O–H groups in total. The van der Waals surface area contributed by atoms with E-state index in [0.717, 1.165) is 114 Å². The van der Waals surface area contributed by atoms with Gasteiger partial charge in [-0.25, -0.2) is 9.13 Å². The maximum atomic E-state index is 13.1. The lowest BCUT2D eigenvalue weighted by atomic mass is 10.0. The van der Waals surface area contributed by atoms with Crippen LogP contribution in [-0.4, -0.2) is 96.7 Å². The number of unbranched alkanes of at least 4 members (excludes halogenated alkanes) is 46. The standard InChI is InChI=1S/C83H162O17P2/c1-73(2)59-51-43-35-27-21-15-10-9-11-19-25-31-41-49-57-65-82(87)99-78(69-93-80(85)63-55-47-39-30-24-18-13-12-16-22-28-36-44-52-60-74(3)4)71-97-101(89,90)95-67-77(84)68-96-102(91,92)98-72-79(70-94-81(86)64-56-48-40-34-33-38-46-54-62-76(7)8)100-83(88)66-58-50-42-32-26-20-14-17-23-29-37-45-53-61-75(5)6/h73-79,84H,9-72H2,1-8H3,(H,89,90)(H,91,92)/t77-,78-,79-/m1/s1. The van der Waals surface area contributed by atoms with Crippen molar-refractivity contribution in [3.8, 4) is 0 Å². The third-order valence-corrected chi connectivity index (χ3v) is 21.2. The van der Waals surface area contributed by atoms with Crippen LogP contribution in [-0.2, 0) is 65.4 Å². The quantitative estimate of drug-likeness (QED) is 0.0222. The van der Waals surface area contributed by atoms with Gasteiger partial charge in [-0.1, -0.05) is 376 Å². The molecule has 17 nitrogen and oxygen atoms in total. The number of hydrogen-bond donors (Lipinski definition) is 3. The molecule has 0 heterocycles. The molecule has 0 radical (unpaired) electrons. The van der Waals surface area contributed by atoms with Crippen LogP contribution in [0.5, 0.6) is 0 Å². The van der Waals surface area contributed by atoms with E-state index in [1.165, 1.54) is 231 Å². The molecule has 0 aliphatic carbocycles. The molecule has 0 amide bonds. The minimum absolute atomic E-state index is 0.106. The summed E-state index contributed by atoms with van der Waals surface area (Å²) in [5.41, 5.74) is 0. The van der Waals surface area contributed by atoms with E-state index in [1.807, 2.05) is 0 Å². The number of phosphoric ester groups is 2. The summed E-state index contributed by atoms with van der Waals surface area (Å²) in [5.74, 6) is 1.00. The van der Waals surface area contributed by atoms with Gasteiger partial charge in [0.1, 0.15) is 19.3 Å². The normalized spacial score (nSPS) is 14.0. The largest absolute Gasteiger partial charge is 0.472 e. The minimum Gasteiger partial charge on any atom is -0.462 e. The van der Waals surface area contributed by atoms with Crippen LogP contribution in [0.15, 0.2) is 0 Å². The summed E-state index contributed by atoms with van der Waals surface area (Å²) in [6.45, 7) is 14.3. The summed E-state index contributed by atoms with van der Waals surface area (Å²) in [6, 6.07) is 0. The van der Waals surface area contributed by atoms with Crippen LogP contribution in [0.3, 0.4) is 0 Å². The molecule has 102 heavy (non-hydrogen) atoms. The fourth-order valence-corrected chi connectivity index (χ4v) is 14.4. The predicted molar refractivity (Wildman–Crippen MR) is 418 cm³/mol. The molecule has 0 spiro atoms. The van der Waals surface area contributed by atoms with Crippen molar-refractivity contribution in [2.45, 2.75) is 446 Å². The smallest absolute Gasteiger partial charge is 0.462 e. The van der Waals surface area contributed by atoms with Crippen molar-refractivity contribution < 1.29 is 80.2 Å². The molecule has 0 aromatic carbocycles. The second kappa shape index (κ2) is 72.0. The van der Waals surface area contributed by atoms with E-state index in [9.17, 15) is 43.2 Å². The third kappa shape index (κ3) is 76.3. The van der Waals surface area contributed by atoms with E-state index in [-0.39, 0.29) is 25.7 Å². The molecule has 0 saturated carbocycles. The van der Waals surface area contributed by atoms with Crippen LogP contribution in [0.4, 0.5) is 0 Å². The average Bonchev–Trinajstić information content (AvgIpc) is 0.931. The fourth-order valence-electron chi connectivity index (χ4n) is 12.8. The maximum Gasteiger partial charge on any atom is 0.472 e. The van der Waals surface area contributed by atoms with Gasteiger partial charge in [0.25, 0.3) is 0 Å². The van der Waals surface area contributed by atoms with Gasteiger partial charge in [-0.3, -0.25) is 37.3 Å². The predicted octanol–water partition coefficient (Wildman–Crippen LogP) is 24.8. The lowest BCUT2D eigenvalue weighted by Crippen LogP contribution is -2.30. The highest BCUT2D eigenvalue weighted by Crippen LogP contribution is 2.45. The SMILES string of the molecule is CC(C)CCCCCCCCCCCCCCCCCC(=O)O[C@H](COC(=O)CCCCCCCCCCCCCCCCC(C)C)COP(=O)(O)OC[C@@H](O)COP(=O)(O)OC[C@@H](COC(=O)CCCCCCCCCCC(C)C)OC(=O)CCCCCCCCCCCCCCCC(C)C. The monoisotopic (exact) mass is 1490 g/mol. The van der Waals surface area contributed by atoms with Gasteiger partial charge in [-0.2, -0.15) is 0 Å². The molecule has 0 bridgehead atoms. The van der Waals surface area contributed by atoms with Gasteiger partial charge in [-0.05, 0) is 49.4 Å². The number of aliphatic hydroxyl groups is 1. The van der Waals surface area contributed by atoms with E-state index in [2.05, 4.69) is 55.4 Å². The molecule has 606 valence electrons. The highest BCUT2D eigenvalue weighted by Gasteiger charge is 2.30. The first kappa shape index (κ1) is 100. The Morgan fingerprint density at radius 2 is 0.412 bits per heavy atom. The molecule has 0 aliphatic rings. The number of hydrogen-bond acceptors (Lipinski definition) is 15. The Bertz CT molecular complexity index is 1990. The van der Waals surface area contributed by atoms with Crippen molar-refractivity contribution >= 4 is 39.5 Å². The van der Waals surface area contributed by atoms with E-state index < -0.39 is 97.5 Å². The molecular weight excluding hydrogens is 1330 g/mol. The Hall–Kier alpha value is -1.94. The lowest BCUT2D eigenvalue weighted by molar-refractivity contribution is -0.161. The maximum absolute atomic E-state index is 13.1. The minimum atomic E-state index is -4.96. The van der Waals surface area contributed by atoms with E-state index in [0.29, 0.717) is 25.7 Å². The van der Waals surface area contributed by atoms with E-state index >= 15 is 0 Å². The van der Waals surface area contributed by atoms with Crippen LogP contribution in [0.1, 0.15) is 428 Å². The zero-order valence-corrected chi connectivity index (χ0v) is 69.0. The topological polar surface area (TPSA) is 237 Å². The molecule has 19 heteroatoms. The van der Waals surface area contributed by atoms with Crippen LogP contribution < -0.4 is 0 Å². The highest BCUT2D eigenvalue weighted by molar-refractivity contribution is 7.47. The fraction of sp³-hybridized carbons (Fsp3) is 0.952. The molecule has 0 aliphatic heterocycles. The van der Waals surface area contributed by atoms with Gasteiger partial charge in [0, 0.05) is 25.7 Å². The molecule has 0 aromatic heterocycles. The third-order valence-electron chi connectivity index (χ3n) is 19.3. The lowest BCUT2D eigenvalue weighted by Gasteiger charge is -2.21. The second-order valence-electron chi connectivity index (χ2n) is 31.8. The molecule has 0 rings (SSSR count). The summed E-state index contributed by atoms with van der Waals surface area (Å²) in [7, 11) is -9.93. The first-order valence-electron chi connectivity index (χ1n) is 42.7. The Morgan fingerprint density at radius 3 is 0.608 bits per heavy atom. The van der Waals surface area contributed by atoms with Crippen LogP contribution in [0.2, 0.25) is 0 Å². The molecular formula is C83H162O17P2. The summed E-state index contributed by atoms with van der Waals surface area (Å²) in [4.78, 5) is 73.1. The zero-order chi connectivity index (χ0) is 75.3. The Balaban J connectivity index is 5.26. The summed E-state index contributed by atoms with van der Waals surface area (Å²) >= 11 is 0. The second-order valence-corrected chi connectivity index (χ2v) is 34.7. The summed E-state index contributed by atoms with van der Waals surface area (Å²) in [6.07, 6.45) is 59.6. The number of esters is 4. The van der Waals surface area contributed by atoms with Crippen molar-refractivity contribution in [2.24, 2.45) is 23.7 Å². The number of carbonyl (C=O) groups excluding carboxylic acids is 4. The number of ether oxygens (including phenoxy) is 4. The van der Waals surface area contributed by atoms with E-state index in [4.69, 9.17) is 37.0 Å². The molecule has 0 aromatic rings. The molecule has 0 saturated heterocycles. The first-order chi connectivity index (χ1) is 49.1. The number of carbonyl (C=O) groups is 4. The van der Waals surface area contributed by atoms with Crippen LogP contribution >= 0.6 is 15.6 Å². The van der Waals surface area contributed by atoms with Gasteiger partial charge in [-0.15, -0.1) is 0 Å². The van der Waals surface area contributed by atoms with Crippen molar-refractivity contribution in [1.82, 2.24) is 0 Å². The number of aliphatic hydroxyl groups excluding tert-OH is 1. The van der Waals surface area contributed by atoms with Crippen molar-refractivity contribution in [2.75, 3.05) is 39.6 Å². The van der Waals surface area contributed by atoms with Gasteiger partial charge in [0.15, 0.2) is 12.2 Å². The van der Waals surface area contributed by atoms with Gasteiger partial charge in [0.05, 0.1) is 26.4 Å². The van der Waals surface area contributed by atoms with Crippen molar-refractivity contribution in [3.63, 3.8) is 0 Å².